The molecule has 0 amide bonds. The molecule has 0 fully saturated rings. The van der Waals surface area contributed by atoms with Crippen LogP contribution in [0.1, 0.15) is 30.1 Å². The van der Waals surface area contributed by atoms with Gasteiger partial charge in [-0.05, 0) is 30.7 Å². The molecule has 5 heteroatoms. The van der Waals surface area contributed by atoms with Gasteiger partial charge in [0.25, 0.3) is 6.43 Å². The van der Waals surface area contributed by atoms with Crippen LogP contribution in [0.4, 0.5) is 8.78 Å². The van der Waals surface area contributed by atoms with E-state index in [1.807, 2.05) is 6.92 Å². The Morgan fingerprint density at radius 1 is 1.21 bits per heavy atom. The van der Waals surface area contributed by atoms with Crippen molar-refractivity contribution >= 4 is 5.78 Å². The summed E-state index contributed by atoms with van der Waals surface area (Å²) in [7, 11) is 0. The second kappa shape index (κ2) is 8.58. The van der Waals surface area contributed by atoms with Gasteiger partial charge in [0.05, 0.1) is 13.2 Å². The van der Waals surface area contributed by atoms with Gasteiger partial charge in [0.1, 0.15) is 12.4 Å². The zero-order valence-corrected chi connectivity index (χ0v) is 10.9. The van der Waals surface area contributed by atoms with E-state index < -0.39 is 13.0 Å². The Kier molecular flexibility index (Phi) is 7.03. The molecular weight excluding hydrogens is 254 g/mol. The number of hydrogen-bond acceptors (Lipinski definition) is 3. The monoisotopic (exact) mass is 272 g/mol. The first-order chi connectivity index (χ1) is 9.13. The summed E-state index contributed by atoms with van der Waals surface area (Å²) in [5.41, 5.74) is 0.532. The molecule has 0 aromatic heterocycles. The van der Waals surface area contributed by atoms with Gasteiger partial charge in [0.2, 0.25) is 0 Å². The van der Waals surface area contributed by atoms with Crippen LogP contribution < -0.4 is 4.74 Å². The molecule has 106 valence electrons. The van der Waals surface area contributed by atoms with Gasteiger partial charge in [-0.15, -0.1) is 0 Å². The third-order valence-electron chi connectivity index (χ3n) is 2.37. The number of alkyl halides is 2. The highest BCUT2D eigenvalue weighted by molar-refractivity contribution is 5.96. The van der Waals surface area contributed by atoms with E-state index in [-0.39, 0.29) is 18.8 Å². The summed E-state index contributed by atoms with van der Waals surface area (Å²) >= 11 is 0. The lowest BCUT2D eigenvalue weighted by Gasteiger charge is -2.06. The number of halogens is 2. The fraction of sp³-hybridized carbons (Fsp3) is 0.500. The summed E-state index contributed by atoms with van der Waals surface area (Å²) in [4.78, 5) is 11.7. The van der Waals surface area contributed by atoms with Crippen LogP contribution in [0.15, 0.2) is 24.3 Å². The molecule has 1 aromatic carbocycles. The maximum absolute atomic E-state index is 11.8. The van der Waals surface area contributed by atoms with E-state index >= 15 is 0 Å². The first-order valence-corrected chi connectivity index (χ1v) is 6.25. The molecular formula is C14H18F2O3. The molecule has 0 radical (unpaired) electrons. The van der Waals surface area contributed by atoms with Crippen molar-refractivity contribution < 1.29 is 23.0 Å². The first kappa shape index (κ1) is 15.6. The average Bonchev–Trinajstić information content (AvgIpc) is 2.41. The summed E-state index contributed by atoms with van der Waals surface area (Å²) in [6, 6.07) is 6.78. The summed E-state index contributed by atoms with van der Waals surface area (Å²) < 4.78 is 33.7. The number of hydrogen-bond donors (Lipinski definition) is 0. The third kappa shape index (κ3) is 6.29. The van der Waals surface area contributed by atoms with Crippen molar-refractivity contribution in [2.75, 3.05) is 19.8 Å². The van der Waals surface area contributed by atoms with Gasteiger partial charge in [-0.3, -0.25) is 4.79 Å². The van der Waals surface area contributed by atoms with E-state index in [4.69, 9.17) is 4.74 Å². The fourth-order valence-electron chi connectivity index (χ4n) is 1.44. The van der Waals surface area contributed by atoms with E-state index in [2.05, 4.69) is 4.74 Å². The van der Waals surface area contributed by atoms with Crippen molar-refractivity contribution in [3.63, 3.8) is 0 Å². The topological polar surface area (TPSA) is 35.5 Å². The van der Waals surface area contributed by atoms with E-state index in [1.54, 1.807) is 24.3 Å². The molecule has 0 bridgehead atoms. The normalized spacial score (nSPS) is 10.7. The maximum Gasteiger partial charge on any atom is 0.261 e. The standard InChI is InChI=1S/C14H18F2O3/c1-2-8-19-12-5-3-11(4-6-12)13(17)7-9-18-10-14(15)16/h3-6,14H,2,7-10H2,1H3. The number of carbonyl (C=O) groups excluding carboxylic acids is 1. The van der Waals surface area contributed by atoms with Crippen LogP contribution in [-0.4, -0.2) is 32.0 Å². The van der Waals surface area contributed by atoms with Gasteiger partial charge in [0, 0.05) is 12.0 Å². The van der Waals surface area contributed by atoms with E-state index in [0.717, 1.165) is 6.42 Å². The van der Waals surface area contributed by atoms with Crippen molar-refractivity contribution in [3.05, 3.63) is 29.8 Å². The van der Waals surface area contributed by atoms with Crippen molar-refractivity contribution in [1.82, 2.24) is 0 Å². The molecule has 1 aromatic rings. The Morgan fingerprint density at radius 3 is 2.47 bits per heavy atom. The number of ether oxygens (including phenoxy) is 2. The largest absolute Gasteiger partial charge is 0.494 e. The minimum absolute atomic E-state index is 0.0112. The second-order valence-corrected chi connectivity index (χ2v) is 4.01. The van der Waals surface area contributed by atoms with Crippen LogP contribution >= 0.6 is 0 Å². The Bertz CT molecular complexity index is 377. The molecule has 0 N–H and O–H groups in total. The molecule has 0 saturated heterocycles. The number of carbonyl (C=O) groups is 1. The minimum atomic E-state index is -2.50. The predicted octanol–water partition coefficient (Wildman–Crippen LogP) is 3.33. The molecule has 3 nitrogen and oxygen atoms in total. The molecule has 1 rings (SSSR count). The van der Waals surface area contributed by atoms with Crippen LogP contribution in [0.3, 0.4) is 0 Å². The van der Waals surface area contributed by atoms with Crippen molar-refractivity contribution in [1.29, 1.82) is 0 Å². The summed E-state index contributed by atoms with van der Waals surface area (Å²) in [5, 5.41) is 0. The molecule has 0 aliphatic carbocycles. The highest BCUT2D eigenvalue weighted by Gasteiger charge is 2.07. The lowest BCUT2D eigenvalue weighted by molar-refractivity contribution is 0.0170. The second-order valence-electron chi connectivity index (χ2n) is 4.01. The summed E-state index contributed by atoms with van der Waals surface area (Å²) in [6.07, 6.45) is -1.48. The quantitative estimate of drug-likeness (QED) is 0.511. The van der Waals surface area contributed by atoms with Crippen LogP contribution in [0, 0.1) is 0 Å². The average molecular weight is 272 g/mol. The fourth-order valence-corrected chi connectivity index (χ4v) is 1.44. The Balaban J connectivity index is 2.36. The van der Waals surface area contributed by atoms with Crippen molar-refractivity contribution in [2.45, 2.75) is 26.2 Å². The van der Waals surface area contributed by atoms with Crippen LogP contribution in [0.25, 0.3) is 0 Å². The molecule has 0 aliphatic heterocycles. The van der Waals surface area contributed by atoms with E-state index in [1.165, 1.54) is 0 Å². The Hall–Kier alpha value is -1.49. The van der Waals surface area contributed by atoms with E-state index in [9.17, 15) is 13.6 Å². The zero-order valence-electron chi connectivity index (χ0n) is 10.9. The summed E-state index contributed by atoms with van der Waals surface area (Å²) in [5.74, 6) is 0.587. The van der Waals surface area contributed by atoms with Gasteiger partial charge in [-0.25, -0.2) is 8.78 Å². The van der Waals surface area contributed by atoms with Gasteiger partial charge >= 0.3 is 0 Å². The maximum atomic E-state index is 11.8. The molecule has 0 atom stereocenters. The minimum Gasteiger partial charge on any atom is -0.494 e. The summed E-state index contributed by atoms with van der Waals surface area (Å²) in [6.45, 7) is 2.03. The molecule has 19 heavy (non-hydrogen) atoms. The number of ketones is 1. The predicted molar refractivity (Wildman–Crippen MR) is 68.0 cm³/mol. The van der Waals surface area contributed by atoms with E-state index in [0.29, 0.717) is 17.9 Å². The molecule has 0 unspecified atom stereocenters. The highest BCUT2D eigenvalue weighted by atomic mass is 19.3. The Morgan fingerprint density at radius 2 is 1.89 bits per heavy atom. The molecule has 0 heterocycles. The third-order valence-corrected chi connectivity index (χ3v) is 2.37. The number of rotatable bonds is 9. The number of benzene rings is 1. The lowest BCUT2D eigenvalue weighted by Crippen LogP contribution is -2.09. The Labute approximate surface area is 111 Å². The lowest BCUT2D eigenvalue weighted by atomic mass is 10.1. The van der Waals surface area contributed by atoms with Crippen LogP contribution in [-0.2, 0) is 4.74 Å². The SMILES string of the molecule is CCCOc1ccc(C(=O)CCOCC(F)F)cc1. The first-order valence-electron chi connectivity index (χ1n) is 6.25. The molecule has 0 saturated carbocycles. The van der Waals surface area contributed by atoms with Crippen LogP contribution in [0.2, 0.25) is 0 Å². The van der Waals surface area contributed by atoms with Gasteiger partial charge in [-0.1, -0.05) is 6.92 Å². The molecule has 0 aliphatic rings. The van der Waals surface area contributed by atoms with Crippen molar-refractivity contribution in [2.24, 2.45) is 0 Å². The van der Waals surface area contributed by atoms with Gasteiger partial charge < -0.3 is 9.47 Å². The van der Waals surface area contributed by atoms with Crippen LogP contribution in [0.5, 0.6) is 5.75 Å². The van der Waals surface area contributed by atoms with Crippen molar-refractivity contribution in [3.8, 4) is 5.75 Å². The molecule has 0 spiro atoms. The van der Waals surface area contributed by atoms with Gasteiger partial charge in [-0.2, -0.15) is 0 Å². The number of Topliss-reactive ketones (excluding diaryl/α,β-unsaturated/α-hetero) is 1. The zero-order chi connectivity index (χ0) is 14.1. The van der Waals surface area contributed by atoms with Gasteiger partial charge in [0.15, 0.2) is 5.78 Å². The smallest absolute Gasteiger partial charge is 0.261 e. The highest BCUT2D eigenvalue weighted by Crippen LogP contribution is 2.13.